The molecule has 2 N–H and O–H groups in total. The molecule has 1 fully saturated rings. The highest BCUT2D eigenvalue weighted by molar-refractivity contribution is 5.94. The third-order valence-corrected chi connectivity index (χ3v) is 7.67. The molecule has 2 aromatic rings. The molecule has 210 valence electrons. The van der Waals surface area contributed by atoms with E-state index >= 15 is 0 Å². The first-order valence-corrected chi connectivity index (χ1v) is 13.2. The maximum Gasteiger partial charge on any atom is 0.419 e. The molecular weight excluding hydrogens is 520 g/mol. The smallest absolute Gasteiger partial charge is 0.419 e. The average Bonchev–Trinajstić information content (AvgIpc) is 2.96. The summed E-state index contributed by atoms with van der Waals surface area (Å²) in [5.41, 5.74) is 0.484. The summed E-state index contributed by atoms with van der Waals surface area (Å²) >= 11 is 0. The van der Waals surface area contributed by atoms with Crippen LogP contribution in [-0.2, 0) is 10.2 Å². The van der Waals surface area contributed by atoms with Crippen molar-refractivity contribution in [2.75, 3.05) is 13.1 Å². The van der Waals surface area contributed by atoms with Gasteiger partial charge in [0.2, 0.25) is 6.41 Å². The molecule has 0 saturated heterocycles. The van der Waals surface area contributed by atoms with E-state index in [0.29, 0.717) is 30.2 Å². The molecule has 40 heavy (non-hydrogen) atoms. The average molecular weight is 552 g/mol. The number of imide groups is 1. The first-order chi connectivity index (χ1) is 19.2. The number of urea groups is 1. The lowest BCUT2D eigenvalue weighted by atomic mass is 9.69. The predicted molar refractivity (Wildman–Crippen MR) is 141 cm³/mol. The van der Waals surface area contributed by atoms with E-state index in [2.05, 4.69) is 11.4 Å². The topological polar surface area (TPSA) is 117 Å². The Kier molecular flexibility index (Phi) is 8.80. The molecule has 0 aromatic heterocycles. The van der Waals surface area contributed by atoms with E-state index in [9.17, 15) is 33.5 Å². The number of carbonyl (C=O) groups excluding carboxylic acids is 2. The van der Waals surface area contributed by atoms with E-state index < -0.39 is 35.2 Å². The standard InChI is InChI=1S/C29H31F2N5O4/c1-2-23-17-26(24-9-8-21(30)16-25(24)31)36(27(38)35(23)28(39)40)34(19-37)15-14-33-22-10-12-29(18-32,13-11-22)20-6-4-3-5-7-20/h3-9,16-17,19,22,26,33H,2,10-15H2,1H3,(H,39,40). The quantitative estimate of drug-likeness (QED) is 0.420. The third-order valence-electron chi connectivity index (χ3n) is 7.67. The van der Waals surface area contributed by atoms with Crippen LogP contribution in [0.2, 0.25) is 0 Å². The van der Waals surface area contributed by atoms with Crippen LogP contribution in [0, 0.1) is 23.0 Å². The van der Waals surface area contributed by atoms with Crippen molar-refractivity contribution in [1.29, 1.82) is 5.26 Å². The van der Waals surface area contributed by atoms with Crippen molar-refractivity contribution >= 4 is 18.5 Å². The van der Waals surface area contributed by atoms with Crippen molar-refractivity contribution < 1.29 is 28.3 Å². The van der Waals surface area contributed by atoms with Crippen LogP contribution >= 0.6 is 0 Å². The summed E-state index contributed by atoms with van der Waals surface area (Å²) < 4.78 is 28.4. The van der Waals surface area contributed by atoms with Gasteiger partial charge < -0.3 is 10.4 Å². The van der Waals surface area contributed by atoms with Gasteiger partial charge in [-0.25, -0.2) is 23.4 Å². The Balaban J connectivity index is 1.49. The number of benzene rings is 2. The first kappa shape index (κ1) is 28.7. The maximum atomic E-state index is 14.8. The monoisotopic (exact) mass is 551 g/mol. The van der Waals surface area contributed by atoms with Gasteiger partial charge >= 0.3 is 12.1 Å². The van der Waals surface area contributed by atoms with E-state index in [-0.39, 0.29) is 36.8 Å². The van der Waals surface area contributed by atoms with E-state index in [1.807, 2.05) is 30.3 Å². The van der Waals surface area contributed by atoms with Crippen LogP contribution in [0.15, 0.2) is 60.3 Å². The highest BCUT2D eigenvalue weighted by Crippen LogP contribution is 2.39. The molecule has 1 atom stereocenters. The van der Waals surface area contributed by atoms with Crippen molar-refractivity contribution in [1.82, 2.24) is 20.2 Å². The van der Waals surface area contributed by atoms with Crippen LogP contribution in [0.3, 0.4) is 0 Å². The van der Waals surface area contributed by atoms with Gasteiger partial charge in [0.25, 0.3) is 0 Å². The number of allylic oxidation sites excluding steroid dienone is 1. The molecular formula is C29H31F2N5O4. The van der Waals surface area contributed by atoms with Gasteiger partial charge in [-0.3, -0.25) is 9.80 Å². The molecule has 2 aromatic carbocycles. The molecule has 9 nitrogen and oxygen atoms in total. The van der Waals surface area contributed by atoms with E-state index in [4.69, 9.17) is 0 Å². The lowest BCUT2D eigenvalue weighted by Crippen LogP contribution is -2.57. The second kappa shape index (κ2) is 12.3. The Labute approximate surface area is 231 Å². The predicted octanol–water partition coefficient (Wildman–Crippen LogP) is 5.08. The first-order valence-electron chi connectivity index (χ1n) is 13.2. The number of hydrazine groups is 1. The highest BCUT2D eigenvalue weighted by atomic mass is 19.1. The number of carbonyl (C=O) groups is 3. The van der Waals surface area contributed by atoms with Gasteiger partial charge in [-0.2, -0.15) is 10.2 Å². The van der Waals surface area contributed by atoms with Crippen LogP contribution in [-0.4, -0.2) is 57.7 Å². The zero-order chi connectivity index (χ0) is 28.9. The maximum absolute atomic E-state index is 14.8. The molecule has 11 heteroatoms. The van der Waals surface area contributed by atoms with Crippen molar-refractivity contribution in [3.05, 3.63) is 83.1 Å². The van der Waals surface area contributed by atoms with Crippen molar-refractivity contribution in [3.8, 4) is 6.07 Å². The summed E-state index contributed by atoms with van der Waals surface area (Å²) in [6, 6.07) is 12.9. The summed E-state index contributed by atoms with van der Waals surface area (Å²) in [4.78, 5) is 38.0. The normalized spacial score (nSPS) is 22.9. The van der Waals surface area contributed by atoms with Crippen molar-refractivity contribution in [2.24, 2.45) is 0 Å². The Hall–Kier alpha value is -4.30. The molecule has 4 amide bonds. The number of halogens is 2. The minimum absolute atomic E-state index is 0.0180. The third kappa shape index (κ3) is 5.67. The summed E-state index contributed by atoms with van der Waals surface area (Å²) in [6.07, 6.45) is 3.18. The molecule has 1 unspecified atom stereocenters. The van der Waals surface area contributed by atoms with E-state index in [0.717, 1.165) is 34.5 Å². The number of carboxylic acid groups (broad SMARTS) is 1. The number of hydrogen-bond donors (Lipinski definition) is 2. The molecule has 1 aliphatic heterocycles. The number of nitriles is 1. The lowest BCUT2D eigenvalue weighted by molar-refractivity contribution is -0.133. The number of hydrogen-bond acceptors (Lipinski definition) is 5. The van der Waals surface area contributed by atoms with Gasteiger partial charge in [-0.05, 0) is 49.8 Å². The zero-order valence-corrected chi connectivity index (χ0v) is 22.1. The number of nitrogens with zero attached hydrogens (tertiary/aromatic N) is 4. The SMILES string of the molecule is CCC1=CC(c2ccc(F)cc2F)N(N(C=O)CCNC2CCC(C#N)(c3ccccc3)CC2)C(=O)N1C(=O)O. The second-order valence-corrected chi connectivity index (χ2v) is 9.92. The molecule has 1 heterocycles. The number of rotatable bonds is 9. The van der Waals surface area contributed by atoms with Gasteiger partial charge in [-0.15, -0.1) is 0 Å². The summed E-state index contributed by atoms with van der Waals surface area (Å²) in [5, 5.41) is 24.9. The molecule has 1 aliphatic carbocycles. The second-order valence-electron chi connectivity index (χ2n) is 9.92. The highest BCUT2D eigenvalue weighted by Gasteiger charge is 2.42. The molecule has 4 rings (SSSR count). The Morgan fingerprint density at radius 3 is 2.50 bits per heavy atom. The molecule has 0 spiro atoms. The van der Waals surface area contributed by atoms with Crippen LogP contribution in [0.1, 0.15) is 56.2 Å². The van der Waals surface area contributed by atoms with Gasteiger partial charge in [0.1, 0.15) is 17.7 Å². The fourth-order valence-corrected chi connectivity index (χ4v) is 5.52. The molecule has 2 aliphatic rings. The van der Waals surface area contributed by atoms with Gasteiger partial charge in [0.05, 0.1) is 18.0 Å². The van der Waals surface area contributed by atoms with Gasteiger partial charge in [-0.1, -0.05) is 43.3 Å². The van der Waals surface area contributed by atoms with Crippen molar-refractivity contribution in [3.63, 3.8) is 0 Å². The summed E-state index contributed by atoms with van der Waals surface area (Å²) in [7, 11) is 0. The van der Waals surface area contributed by atoms with Crippen LogP contribution in [0.25, 0.3) is 0 Å². The number of amides is 4. The van der Waals surface area contributed by atoms with E-state index in [1.54, 1.807) is 6.92 Å². The number of nitrogens with one attached hydrogen (secondary N) is 1. The minimum Gasteiger partial charge on any atom is -0.464 e. The van der Waals surface area contributed by atoms with Gasteiger partial charge in [0.15, 0.2) is 0 Å². The fraction of sp³-hybridized carbons (Fsp3) is 0.379. The zero-order valence-electron chi connectivity index (χ0n) is 22.1. The van der Waals surface area contributed by atoms with Crippen LogP contribution < -0.4 is 5.32 Å². The Bertz CT molecular complexity index is 1320. The van der Waals surface area contributed by atoms with Crippen molar-refractivity contribution in [2.45, 2.75) is 56.5 Å². The fourth-order valence-electron chi connectivity index (χ4n) is 5.52. The Morgan fingerprint density at radius 2 is 1.93 bits per heavy atom. The van der Waals surface area contributed by atoms with Crippen LogP contribution in [0.4, 0.5) is 18.4 Å². The largest absolute Gasteiger partial charge is 0.464 e. The molecule has 0 radical (unpaired) electrons. The lowest BCUT2D eigenvalue weighted by Gasteiger charge is -2.43. The van der Waals surface area contributed by atoms with E-state index in [1.165, 1.54) is 12.1 Å². The molecule has 1 saturated carbocycles. The van der Waals surface area contributed by atoms with Gasteiger partial charge in [0, 0.05) is 29.9 Å². The minimum atomic E-state index is -1.54. The summed E-state index contributed by atoms with van der Waals surface area (Å²) in [6.45, 7) is 1.89. The Morgan fingerprint density at radius 1 is 1.23 bits per heavy atom. The van der Waals surface area contributed by atoms with Crippen LogP contribution in [0.5, 0.6) is 0 Å². The summed E-state index contributed by atoms with van der Waals surface area (Å²) in [5.74, 6) is -1.73. The molecule has 0 bridgehead atoms.